The first-order valence-corrected chi connectivity index (χ1v) is 10.2. The Morgan fingerprint density at radius 2 is 2.05 bits per heavy atom. The van der Waals surface area contributed by atoms with Gasteiger partial charge in [0.1, 0.15) is 5.37 Å². The maximum Gasteiger partial charge on any atom is 0.164 e. The van der Waals surface area contributed by atoms with Crippen molar-refractivity contribution in [2.75, 3.05) is 30.9 Å². The number of benzene rings is 1. The monoisotopic (exact) mass is 329 g/mol. The summed E-state index contributed by atoms with van der Waals surface area (Å²) in [5.41, 5.74) is 0.882. The first-order valence-electron chi connectivity index (χ1n) is 7.13. The SMILES string of the molecule is CC(CN1CCSCC1S(C)(=O)=O)C(O)c1ccccc1. The van der Waals surface area contributed by atoms with E-state index in [0.29, 0.717) is 12.3 Å². The Morgan fingerprint density at radius 3 is 2.67 bits per heavy atom. The third-order valence-electron chi connectivity index (χ3n) is 3.89. The Balaban J connectivity index is 2.05. The van der Waals surface area contributed by atoms with Crippen LogP contribution in [0, 0.1) is 5.92 Å². The summed E-state index contributed by atoms with van der Waals surface area (Å²) < 4.78 is 23.8. The van der Waals surface area contributed by atoms with Gasteiger partial charge < -0.3 is 5.11 Å². The van der Waals surface area contributed by atoms with Crippen LogP contribution in [0.3, 0.4) is 0 Å². The number of aliphatic hydroxyl groups is 1. The minimum atomic E-state index is -3.09. The van der Waals surface area contributed by atoms with Crippen LogP contribution in [0.4, 0.5) is 0 Å². The number of sulfone groups is 1. The van der Waals surface area contributed by atoms with Crippen molar-refractivity contribution in [1.29, 1.82) is 0 Å². The number of thioether (sulfide) groups is 1. The second-order valence-electron chi connectivity index (χ2n) is 5.69. The fraction of sp³-hybridized carbons (Fsp3) is 0.600. The van der Waals surface area contributed by atoms with Crippen LogP contribution >= 0.6 is 11.8 Å². The number of hydrogen-bond donors (Lipinski definition) is 1. The van der Waals surface area contributed by atoms with Crippen LogP contribution in [0.2, 0.25) is 0 Å². The van der Waals surface area contributed by atoms with Crippen molar-refractivity contribution >= 4 is 21.6 Å². The molecule has 2 rings (SSSR count). The van der Waals surface area contributed by atoms with E-state index in [1.54, 1.807) is 11.8 Å². The first kappa shape index (κ1) is 16.8. The van der Waals surface area contributed by atoms with Gasteiger partial charge in [0, 0.05) is 30.9 Å². The summed E-state index contributed by atoms with van der Waals surface area (Å²) in [6.45, 7) is 3.32. The van der Waals surface area contributed by atoms with Gasteiger partial charge in [-0.2, -0.15) is 11.8 Å². The van der Waals surface area contributed by atoms with Gasteiger partial charge in [-0.05, 0) is 11.5 Å². The molecule has 0 aromatic heterocycles. The van der Waals surface area contributed by atoms with Crippen molar-refractivity contribution in [2.24, 2.45) is 5.92 Å². The second kappa shape index (κ2) is 7.13. The second-order valence-corrected chi connectivity index (χ2v) is 9.04. The topological polar surface area (TPSA) is 57.6 Å². The number of aliphatic hydroxyl groups excluding tert-OH is 1. The molecular formula is C15H23NO3S2. The average Bonchev–Trinajstić information content (AvgIpc) is 2.47. The van der Waals surface area contributed by atoms with Crippen LogP contribution in [0.1, 0.15) is 18.6 Å². The molecule has 1 heterocycles. The molecule has 21 heavy (non-hydrogen) atoms. The van der Waals surface area contributed by atoms with Crippen LogP contribution in [0.15, 0.2) is 30.3 Å². The van der Waals surface area contributed by atoms with Gasteiger partial charge in [0.25, 0.3) is 0 Å². The molecule has 1 fully saturated rings. The molecule has 3 unspecified atom stereocenters. The normalized spacial score (nSPS) is 23.7. The minimum absolute atomic E-state index is 0.0141. The Labute approximate surface area is 131 Å². The molecule has 0 radical (unpaired) electrons. The van der Waals surface area contributed by atoms with E-state index < -0.39 is 21.3 Å². The van der Waals surface area contributed by atoms with Crippen molar-refractivity contribution in [1.82, 2.24) is 4.90 Å². The molecule has 1 aliphatic rings. The van der Waals surface area contributed by atoms with E-state index in [4.69, 9.17) is 0 Å². The maximum atomic E-state index is 11.9. The zero-order valence-electron chi connectivity index (χ0n) is 12.5. The number of rotatable bonds is 5. The highest BCUT2D eigenvalue weighted by Gasteiger charge is 2.32. The van der Waals surface area contributed by atoms with Crippen LogP contribution in [0.5, 0.6) is 0 Å². The number of nitrogens with zero attached hydrogens (tertiary/aromatic N) is 1. The Hall–Kier alpha value is -0.560. The van der Waals surface area contributed by atoms with E-state index in [1.807, 2.05) is 42.2 Å². The van der Waals surface area contributed by atoms with Gasteiger partial charge in [0.2, 0.25) is 0 Å². The van der Waals surface area contributed by atoms with Gasteiger partial charge in [-0.15, -0.1) is 0 Å². The molecular weight excluding hydrogens is 306 g/mol. The van der Waals surface area contributed by atoms with Crippen LogP contribution < -0.4 is 0 Å². The minimum Gasteiger partial charge on any atom is -0.388 e. The highest BCUT2D eigenvalue weighted by atomic mass is 32.2. The third-order valence-corrected chi connectivity index (χ3v) is 6.57. The Morgan fingerprint density at radius 1 is 1.38 bits per heavy atom. The predicted octanol–water partition coefficient (Wildman–Crippen LogP) is 1.78. The fourth-order valence-electron chi connectivity index (χ4n) is 2.67. The van der Waals surface area contributed by atoms with Gasteiger partial charge in [-0.3, -0.25) is 4.90 Å². The molecule has 0 bridgehead atoms. The van der Waals surface area contributed by atoms with E-state index in [-0.39, 0.29) is 5.92 Å². The smallest absolute Gasteiger partial charge is 0.164 e. The molecule has 6 heteroatoms. The molecule has 0 saturated carbocycles. The van der Waals surface area contributed by atoms with E-state index in [9.17, 15) is 13.5 Å². The quantitative estimate of drug-likeness (QED) is 0.892. The lowest BCUT2D eigenvalue weighted by Crippen LogP contribution is -2.48. The lowest BCUT2D eigenvalue weighted by molar-refractivity contribution is 0.0869. The molecule has 1 aromatic rings. The van der Waals surface area contributed by atoms with Crippen molar-refractivity contribution in [3.63, 3.8) is 0 Å². The predicted molar refractivity (Wildman–Crippen MR) is 88.1 cm³/mol. The fourth-order valence-corrected chi connectivity index (χ4v) is 5.62. The molecule has 118 valence electrons. The molecule has 4 nitrogen and oxygen atoms in total. The van der Waals surface area contributed by atoms with Crippen molar-refractivity contribution in [3.05, 3.63) is 35.9 Å². The molecule has 1 N–H and O–H groups in total. The molecule has 1 aliphatic heterocycles. The lowest BCUT2D eigenvalue weighted by Gasteiger charge is -2.36. The standard InChI is InChI=1S/C15H23NO3S2/c1-12(15(17)13-6-4-3-5-7-13)10-16-8-9-20-11-14(16)21(2,18)19/h3-7,12,14-15,17H,8-11H2,1-2H3. The van der Waals surface area contributed by atoms with Gasteiger partial charge in [-0.25, -0.2) is 8.42 Å². The van der Waals surface area contributed by atoms with Crippen molar-refractivity contribution in [2.45, 2.75) is 18.4 Å². The summed E-state index contributed by atoms with van der Waals surface area (Å²) in [7, 11) is -3.09. The van der Waals surface area contributed by atoms with Crippen LogP contribution in [0.25, 0.3) is 0 Å². The maximum absolute atomic E-state index is 11.9. The first-order chi connectivity index (χ1) is 9.89. The molecule has 1 saturated heterocycles. The molecule has 0 spiro atoms. The van der Waals surface area contributed by atoms with E-state index in [2.05, 4.69) is 0 Å². The third kappa shape index (κ3) is 4.45. The van der Waals surface area contributed by atoms with Gasteiger partial charge in [-0.1, -0.05) is 37.3 Å². The average molecular weight is 329 g/mol. The molecule has 0 aliphatic carbocycles. The van der Waals surface area contributed by atoms with E-state index in [0.717, 1.165) is 17.9 Å². The largest absolute Gasteiger partial charge is 0.388 e. The Kier molecular flexibility index (Phi) is 5.71. The Bertz CT molecular complexity index is 547. The summed E-state index contributed by atoms with van der Waals surface area (Å²) in [5, 5.41) is 10.00. The summed E-state index contributed by atoms with van der Waals surface area (Å²) in [5.74, 6) is 1.55. The summed E-state index contributed by atoms with van der Waals surface area (Å²) in [4.78, 5) is 2.00. The number of hydrogen-bond acceptors (Lipinski definition) is 5. The summed E-state index contributed by atoms with van der Waals surface area (Å²) in [6, 6.07) is 9.54. The molecule has 1 aromatic carbocycles. The summed E-state index contributed by atoms with van der Waals surface area (Å²) >= 11 is 1.68. The van der Waals surface area contributed by atoms with Crippen molar-refractivity contribution < 1.29 is 13.5 Å². The van der Waals surface area contributed by atoms with E-state index in [1.165, 1.54) is 6.26 Å². The van der Waals surface area contributed by atoms with Gasteiger partial charge in [0.15, 0.2) is 9.84 Å². The zero-order chi connectivity index (χ0) is 15.5. The molecule has 0 amide bonds. The van der Waals surface area contributed by atoms with Crippen molar-refractivity contribution in [3.8, 4) is 0 Å². The highest BCUT2D eigenvalue weighted by Crippen LogP contribution is 2.26. The van der Waals surface area contributed by atoms with Gasteiger partial charge >= 0.3 is 0 Å². The van der Waals surface area contributed by atoms with E-state index >= 15 is 0 Å². The highest BCUT2D eigenvalue weighted by molar-refractivity contribution is 8.00. The lowest BCUT2D eigenvalue weighted by atomic mass is 9.97. The molecule has 3 atom stereocenters. The zero-order valence-corrected chi connectivity index (χ0v) is 14.1. The van der Waals surface area contributed by atoms with Crippen LogP contribution in [-0.4, -0.2) is 54.6 Å². The van der Waals surface area contributed by atoms with Gasteiger partial charge in [0.05, 0.1) is 6.10 Å². The van der Waals surface area contributed by atoms with Crippen LogP contribution in [-0.2, 0) is 9.84 Å². The summed E-state index contributed by atoms with van der Waals surface area (Å²) in [6.07, 6.45) is 0.732.